The molecule has 1 aliphatic rings. The molecule has 0 saturated carbocycles. The number of ether oxygens (including phenoxy) is 2. The molecule has 5 nitrogen and oxygen atoms in total. The minimum absolute atomic E-state index is 0.273. The van der Waals surface area contributed by atoms with Crippen LogP contribution in [0.25, 0.3) is 0 Å². The second kappa shape index (κ2) is 8.12. The first-order valence-corrected chi connectivity index (χ1v) is 9.62. The molecule has 29 heavy (non-hydrogen) atoms. The third-order valence-electron chi connectivity index (χ3n) is 4.72. The summed E-state index contributed by atoms with van der Waals surface area (Å²) in [4.78, 5) is 14.1. The number of rotatable bonds is 3. The van der Waals surface area contributed by atoms with Crippen molar-refractivity contribution in [2.75, 3.05) is 6.54 Å². The molecule has 0 unspecified atom stereocenters. The van der Waals surface area contributed by atoms with Gasteiger partial charge in [-0.2, -0.15) is 5.26 Å². The molecule has 0 spiro atoms. The fourth-order valence-corrected chi connectivity index (χ4v) is 3.28. The monoisotopic (exact) mass is 396 g/mol. The molecular formula is C23H25FN2O3. The van der Waals surface area contributed by atoms with Gasteiger partial charge in [0.15, 0.2) is 0 Å². The highest BCUT2D eigenvalue weighted by molar-refractivity contribution is 5.68. The van der Waals surface area contributed by atoms with E-state index in [9.17, 15) is 9.18 Å². The van der Waals surface area contributed by atoms with E-state index in [4.69, 9.17) is 14.7 Å². The largest absolute Gasteiger partial charge is 0.486 e. The van der Waals surface area contributed by atoms with Crippen LogP contribution in [0, 0.1) is 17.1 Å². The summed E-state index contributed by atoms with van der Waals surface area (Å²) in [5.41, 5.74) is 2.27. The van der Waals surface area contributed by atoms with E-state index in [1.807, 2.05) is 45.0 Å². The lowest BCUT2D eigenvalue weighted by Crippen LogP contribution is -2.39. The van der Waals surface area contributed by atoms with E-state index in [1.54, 1.807) is 24.0 Å². The van der Waals surface area contributed by atoms with Crippen LogP contribution in [0.5, 0.6) is 5.75 Å². The second-order valence-corrected chi connectivity index (χ2v) is 8.19. The molecular weight excluding hydrogens is 371 g/mol. The van der Waals surface area contributed by atoms with E-state index in [-0.39, 0.29) is 11.7 Å². The molecule has 1 aliphatic heterocycles. The van der Waals surface area contributed by atoms with Gasteiger partial charge >= 0.3 is 6.09 Å². The molecule has 0 aromatic heterocycles. The third kappa shape index (κ3) is 5.05. The van der Waals surface area contributed by atoms with Crippen LogP contribution in [0.15, 0.2) is 36.4 Å². The van der Waals surface area contributed by atoms with Crippen molar-refractivity contribution < 1.29 is 18.7 Å². The Hall–Kier alpha value is -3.07. The standard InChI is InChI=1S/C23H25FN2O3/c1-15(20-8-5-16(13-25)11-21(20)24)28-19-7-6-17-9-10-26(14-18(17)12-19)22(27)29-23(2,3)4/h5-8,11-12,15H,9-10,14H2,1-4H3/t15-/m1/s1. The Balaban J connectivity index is 1.73. The lowest BCUT2D eigenvalue weighted by molar-refractivity contribution is 0.0223. The van der Waals surface area contributed by atoms with Gasteiger partial charge < -0.3 is 14.4 Å². The van der Waals surface area contributed by atoms with Gasteiger partial charge in [0, 0.05) is 18.7 Å². The molecule has 0 fully saturated rings. The maximum Gasteiger partial charge on any atom is 0.410 e. The van der Waals surface area contributed by atoms with Gasteiger partial charge in [-0.25, -0.2) is 9.18 Å². The fourth-order valence-electron chi connectivity index (χ4n) is 3.28. The van der Waals surface area contributed by atoms with Gasteiger partial charge in [-0.1, -0.05) is 12.1 Å². The number of hydrogen-bond acceptors (Lipinski definition) is 4. The Bertz CT molecular complexity index is 960. The second-order valence-electron chi connectivity index (χ2n) is 8.19. The van der Waals surface area contributed by atoms with Crippen LogP contribution in [0.1, 0.15) is 56.1 Å². The van der Waals surface area contributed by atoms with Crippen molar-refractivity contribution >= 4 is 6.09 Å². The van der Waals surface area contributed by atoms with Crippen molar-refractivity contribution in [2.24, 2.45) is 0 Å². The van der Waals surface area contributed by atoms with Crippen molar-refractivity contribution in [3.05, 3.63) is 64.5 Å². The molecule has 2 aromatic carbocycles. The average Bonchev–Trinajstić information content (AvgIpc) is 2.65. The van der Waals surface area contributed by atoms with Crippen LogP contribution in [0.3, 0.4) is 0 Å². The number of nitriles is 1. The van der Waals surface area contributed by atoms with Crippen molar-refractivity contribution in [1.29, 1.82) is 5.26 Å². The average molecular weight is 396 g/mol. The number of hydrogen-bond donors (Lipinski definition) is 0. The van der Waals surface area contributed by atoms with E-state index in [1.165, 1.54) is 6.07 Å². The van der Waals surface area contributed by atoms with Crippen molar-refractivity contribution in [3.8, 4) is 11.8 Å². The number of carbonyl (C=O) groups excluding carboxylic acids is 1. The summed E-state index contributed by atoms with van der Waals surface area (Å²) >= 11 is 0. The van der Waals surface area contributed by atoms with Crippen LogP contribution < -0.4 is 4.74 Å². The number of nitrogens with zero attached hydrogens (tertiary/aromatic N) is 2. The number of fused-ring (bicyclic) bond motifs is 1. The Morgan fingerprint density at radius 3 is 2.62 bits per heavy atom. The predicted molar refractivity (Wildman–Crippen MR) is 107 cm³/mol. The molecule has 0 aliphatic carbocycles. The summed E-state index contributed by atoms with van der Waals surface area (Å²) < 4.78 is 25.7. The SMILES string of the molecule is C[C@@H](Oc1ccc2c(c1)CN(C(=O)OC(C)(C)C)CC2)c1ccc(C#N)cc1F. The normalized spacial score (nSPS) is 14.6. The van der Waals surface area contributed by atoms with Gasteiger partial charge in [0.25, 0.3) is 0 Å². The van der Waals surface area contributed by atoms with Crippen LogP contribution in [-0.2, 0) is 17.7 Å². The molecule has 1 atom stereocenters. The first-order chi connectivity index (χ1) is 13.7. The quantitative estimate of drug-likeness (QED) is 0.721. The zero-order valence-corrected chi connectivity index (χ0v) is 17.2. The minimum Gasteiger partial charge on any atom is -0.486 e. The zero-order chi connectivity index (χ0) is 21.2. The predicted octanol–water partition coefficient (Wildman–Crippen LogP) is 5.13. The van der Waals surface area contributed by atoms with E-state index in [2.05, 4.69) is 0 Å². The van der Waals surface area contributed by atoms with Crippen LogP contribution in [0.4, 0.5) is 9.18 Å². The van der Waals surface area contributed by atoms with Gasteiger partial charge in [-0.05, 0) is 69.5 Å². The molecule has 1 heterocycles. The van der Waals surface area contributed by atoms with E-state index in [0.29, 0.717) is 24.4 Å². The number of halogens is 1. The van der Waals surface area contributed by atoms with E-state index < -0.39 is 17.5 Å². The molecule has 0 radical (unpaired) electrons. The lowest BCUT2D eigenvalue weighted by Gasteiger charge is -2.31. The zero-order valence-electron chi connectivity index (χ0n) is 17.2. The van der Waals surface area contributed by atoms with Crippen molar-refractivity contribution in [3.63, 3.8) is 0 Å². The Morgan fingerprint density at radius 1 is 1.21 bits per heavy atom. The molecule has 0 saturated heterocycles. The minimum atomic E-state index is -0.539. The third-order valence-corrected chi connectivity index (χ3v) is 4.72. The summed E-state index contributed by atoms with van der Waals surface area (Å²) in [5, 5.41) is 8.88. The first-order valence-electron chi connectivity index (χ1n) is 9.62. The summed E-state index contributed by atoms with van der Waals surface area (Å²) in [6.45, 7) is 8.35. The van der Waals surface area contributed by atoms with E-state index >= 15 is 0 Å². The maximum absolute atomic E-state index is 14.2. The molecule has 1 amide bonds. The molecule has 0 bridgehead atoms. The highest BCUT2D eigenvalue weighted by Gasteiger charge is 2.26. The van der Waals surface area contributed by atoms with Gasteiger partial charge in [-0.15, -0.1) is 0 Å². The summed E-state index contributed by atoms with van der Waals surface area (Å²) in [6, 6.07) is 12.0. The maximum atomic E-state index is 14.2. The topological polar surface area (TPSA) is 62.6 Å². The van der Waals surface area contributed by atoms with Crippen LogP contribution in [-0.4, -0.2) is 23.1 Å². The number of benzene rings is 2. The summed E-state index contributed by atoms with van der Waals surface area (Å²) in [6.07, 6.45) is -0.108. The van der Waals surface area contributed by atoms with Gasteiger partial charge in [0.1, 0.15) is 23.3 Å². The van der Waals surface area contributed by atoms with Crippen LogP contribution in [0.2, 0.25) is 0 Å². The van der Waals surface area contributed by atoms with Crippen LogP contribution >= 0.6 is 0 Å². The molecule has 6 heteroatoms. The number of carbonyl (C=O) groups is 1. The molecule has 2 aromatic rings. The molecule has 3 rings (SSSR count). The number of amides is 1. The van der Waals surface area contributed by atoms with Gasteiger partial charge in [0.2, 0.25) is 0 Å². The lowest BCUT2D eigenvalue weighted by atomic mass is 9.99. The highest BCUT2D eigenvalue weighted by atomic mass is 19.1. The first kappa shape index (κ1) is 20.7. The fraction of sp³-hybridized carbons (Fsp3) is 0.391. The van der Waals surface area contributed by atoms with Gasteiger partial charge in [0.05, 0.1) is 11.6 Å². The van der Waals surface area contributed by atoms with E-state index in [0.717, 1.165) is 17.5 Å². The Morgan fingerprint density at radius 2 is 1.97 bits per heavy atom. The van der Waals surface area contributed by atoms with Crippen molar-refractivity contribution in [2.45, 2.75) is 52.4 Å². The van der Waals surface area contributed by atoms with Crippen molar-refractivity contribution in [1.82, 2.24) is 4.90 Å². The Labute approximate surface area is 170 Å². The summed E-state index contributed by atoms with van der Waals surface area (Å²) in [7, 11) is 0. The van der Waals surface area contributed by atoms with Gasteiger partial charge in [-0.3, -0.25) is 0 Å². The Kier molecular flexibility index (Phi) is 5.78. The highest BCUT2D eigenvalue weighted by Crippen LogP contribution is 2.29. The summed E-state index contributed by atoms with van der Waals surface area (Å²) in [5.74, 6) is 0.136. The smallest absolute Gasteiger partial charge is 0.410 e. The molecule has 0 N–H and O–H groups in total. The molecule has 152 valence electrons.